The second kappa shape index (κ2) is 8.61. The third-order valence-corrected chi connectivity index (χ3v) is 4.71. The monoisotopic (exact) mass is 416 g/mol. The van der Waals surface area contributed by atoms with Crippen LogP contribution in [-0.2, 0) is 17.5 Å². The van der Waals surface area contributed by atoms with Gasteiger partial charge in [-0.3, -0.25) is 4.79 Å². The number of nitrogens with one attached hydrogen (secondary N) is 1. The lowest BCUT2D eigenvalue weighted by Crippen LogP contribution is -2.35. The molecule has 30 heavy (non-hydrogen) atoms. The van der Waals surface area contributed by atoms with Gasteiger partial charge in [0, 0.05) is 25.0 Å². The number of halogens is 3. The SMILES string of the molecule is Cc1cc(C)n(-c2ccc(CNC(=O)CN(C)c3ccccc3)c(C(F)(F)F)c2)n1. The van der Waals surface area contributed by atoms with Gasteiger partial charge in [-0.2, -0.15) is 18.3 Å². The zero-order valence-electron chi connectivity index (χ0n) is 17.0. The molecule has 0 saturated carbocycles. The molecule has 1 aromatic heterocycles. The van der Waals surface area contributed by atoms with Gasteiger partial charge in [-0.25, -0.2) is 4.68 Å². The number of carbonyl (C=O) groups excluding carboxylic acids is 1. The maximum atomic E-state index is 13.7. The zero-order chi connectivity index (χ0) is 21.9. The highest BCUT2D eigenvalue weighted by molar-refractivity contribution is 5.81. The second-order valence-corrected chi connectivity index (χ2v) is 7.15. The molecule has 0 aliphatic carbocycles. The minimum absolute atomic E-state index is 0.00324. The largest absolute Gasteiger partial charge is 0.416 e. The van der Waals surface area contributed by atoms with Crippen molar-refractivity contribution < 1.29 is 18.0 Å². The van der Waals surface area contributed by atoms with E-state index in [4.69, 9.17) is 0 Å². The molecule has 1 amide bonds. The first-order chi connectivity index (χ1) is 14.1. The number of para-hydroxylation sites is 1. The molecule has 158 valence electrons. The minimum Gasteiger partial charge on any atom is -0.365 e. The Morgan fingerprint density at radius 1 is 1.10 bits per heavy atom. The number of anilines is 1. The number of aromatic nitrogens is 2. The molecule has 3 rings (SSSR count). The molecular formula is C22H23F3N4O. The third-order valence-electron chi connectivity index (χ3n) is 4.71. The van der Waals surface area contributed by atoms with Crippen molar-refractivity contribution in [2.45, 2.75) is 26.6 Å². The van der Waals surface area contributed by atoms with E-state index in [2.05, 4.69) is 10.4 Å². The van der Waals surface area contributed by atoms with Crippen molar-refractivity contribution in [2.75, 3.05) is 18.5 Å². The lowest BCUT2D eigenvalue weighted by Gasteiger charge is -2.19. The van der Waals surface area contributed by atoms with Crippen molar-refractivity contribution in [3.63, 3.8) is 0 Å². The van der Waals surface area contributed by atoms with Crippen molar-refractivity contribution in [3.05, 3.63) is 77.1 Å². The molecule has 0 fully saturated rings. The molecule has 0 radical (unpaired) electrons. The first-order valence-electron chi connectivity index (χ1n) is 9.42. The van der Waals surface area contributed by atoms with Crippen LogP contribution in [0.5, 0.6) is 0 Å². The van der Waals surface area contributed by atoms with Crippen molar-refractivity contribution in [1.82, 2.24) is 15.1 Å². The van der Waals surface area contributed by atoms with E-state index >= 15 is 0 Å². The number of benzene rings is 2. The minimum atomic E-state index is -4.55. The number of alkyl halides is 3. The standard InChI is InChI=1S/C22H23F3N4O/c1-15-11-16(2)29(27-15)19-10-9-17(20(12-19)22(23,24)25)13-26-21(30)14-28(3)18-7-5-4-6-8-18/h4-12H,13-14H2,1-3H3,(H,26,30). The highest BCUT2D eigenvalue weighted by Gasteiger charge is 2.34. The summed E-state index contributed by atoms with van der Waals surface area (Å²) in [6.07, 6.45) is -4.55. The molecule has 0 aliphatic rings. The number of nitrogens with zero attached hydrogens (tertiary/aromatic N) is 3. The van der Waals surface area contributed by atoms with E-state index < -0.39 is 11.7 Å². The number of amides is 1. The molecule has 0 atom stereocenters. The van der Waals surface area contributed by atoms with Crippen LogP contribution in [0.1, 0.15) is 22.5 Å². The van der Waals surface area contributed by atoms with Gasteiger partial charge in [0.2, 0.25) is 5.91 Å². The molecule has 1 N–H and O–H groups in total. The van der Waals surface area contributed by atoms with Crippen LogP contribution >= 0.6 is 0 Å². The van der Waals surface area contributed by atoms with Gasteiger partial charge in [-0.1, -0.05) is 24.3 Å². The number of rotatable bonds is 6. The van der Waals surface area contributed by atoms with Gasteiger partial charge >= 0.3 is 6.18 Å². The fraction of sp³-hybridized carbons (Fsp3) is 0.273. The first-order valence-corrected chi connectivity index (χ1v) is 9.42. The van der Waals surface area contributed by atoms with Crippen LogP contribution < -0.4 is 10.2 Å². The van der Waals surface area contributed by atoms with E-state index in [1.165, 1.54) is 10.7 Å². The van der Waals surface area contributed by atoms with Gasteiger partial charge < -0.3 is 10.2 Å². The summed E-state index contributed by atoms with van der Waals surface area (Å²) >= 11 is 0. The Morgan fingerprint density at radius 2 is 1.80 bits per heavy atom. The van der Waals surface area contributed by atoms with Gasteiger partial charge in [0.05, 0.1) is 23.5 Å². The number of likely N-dealkylation sites (N-methyl/N-ethyl adjacent to an activating group) is 1. The number of hydrogen-bond donors (Lipinski definition) is 1. The van der Waals surface area contributed by atoms with E-state index in [9.17, 15) is 18.0 Å². The Labute approximate surface area is 173 Å². The molecular weight excluding hydrogens is 393 g/mol. The summed E-state index contributed by atoms with van der Waals surface area (Å²) in [5.74, 6) is -0.364. The summed E-state index contributed by atoms with van der Waals surface area (Å²) in [6.45, 7) is 3.39. The summed E-state index contributed by atoms with van der Waals surface area (Å²) in [7, 11) is 1.75. The van der Waals surface area contributed by atoms with Crippen molar-refractivity contribution in [2.24, 2.45) is 0 Å². The van der Waals surface area contributed by atoms with E-state index in [1.807, 2.05) is 30.3 Å². The molecule has 0 spiro atoms. The van der Waals surface area contributed by atoms with Crippen molar-refractivity contribution >= 4 is 11.6 Å². The molecule has 0 bridgehead atoms. The smallest absolute Gasteiger partial charge is 0.365 e. The molecule has 8 heteroatoms. The lowest BCUT2D eigenvalue weighted by atomic mass is 10.1. The Balaban J connectivity index is 1.75. The molecule has 0 saturated heterocycles. The Kier molecular flexibility index (Phi) is 6.14. The Morgan fingerprint density at radius 3 is 2.40 bits per heavy atom. The van der Waals surface area contributed by atoms with Crippen LogP contribution in [0.4, 0.5) is 18.9 Å². The summed E-state index contributed by atoms with van der Waals surface area (Å²) in [5.41, 5.74) is 1.85. The van der Waals surface area contributed by atoms with Crippen LogP contribution in [0.15, 0.2) is 54.6 Å². The zero-order valence-corrected chi connectivity index (χ0v) is 17.0. The summed E-state index contributed by atoms with van der Waals surface area (Å²) < 4.78 is 42.4. The van der Waals surface area contributed by atoms with Gasteiger partial charge in [-0.05, 0) is 49.7 Å². The Bertz CT molecular complexity index is 1030. The van der Waals surface area contributed by atoms with Crippen LogP contribution in [0.3, 0.4) is 0 Å². The molecule has 3 aromatic rings. The van der Waals surface area contributed by atoms with Crippen LogP contribution in [0.2, 0.25) is 0 Å². The van der Waals surface area contributed by atoms with E-state index in [0.717, 1.165) is 23.1 Å². The maximum Gasteiger partial charge on any atom is 0.416 e. The normalized spacial score (nSPS) is 11.4. The predicted molar refractivity (Wildman–Crippen MR) is 110 cm³/mol. The first kappa shape index (κ1) is 21.4. The van der Waals surface area contributed by atoms with Gasteiger partial charge in [-0.15, -0.1) is 0 Å². The fourth-order valence-corrected chi connectivity index (χ4v) is 3.24. The van der Waals surface area contributed by atoms with E-state index in [-0.39, 0.29) is 24.6 Å². The average molecular weight is 416 g/mol. The summed E-state index contributed by atoms with van der Waals surface area (Å²) in [5, 5.41) is 6.83. The molecule has 0 aliphatic heterocycles. The molecule has 0 unspecified atom stereocenters. The number of aryl methyl sites for hydroxylation is 2. The van der Waals surface area contributed by atoms with Crippen LogP contribution in [-0.4, -0.2) is 29.3 Å². The maximum absolute atomic E-state index is 13.7. The van der Waals surface area contributed by atoms with E-state index in [0.29, 0.717) is 5.69 Å². The van der Waals surface area contributed by atoms with Gasteiger partial charge in [0.1, 0.15) is 0 Å². The molecule has 1 heterocycles. The van der Waals surface area contributed by atoms with Gasteiger partial charge in [0.25, 0.3) is 0 Å². The Hall–Kier alpha value is -3.29. The van der Waals surface area contributed by atoms with Crippen LogP contribution in [0, 0.1) is 13.8 Å². The quantitative estimate of drug-likeness (QED) is 0.653. The van der Waals surface area contributed by atoms with E-state index in [1.54, 1.807) is 37.9 Å². The highest BCUT2D eigenvalue weighted by atomic mass is 19.4. The van der Waals surface area contributed by atoms with Crippen LogP contribution in [0.25, 0.3) is 5.69 Å². The number of hydrogen-bond acceptors (Lipinski definition) is 3. The average Bonchev–Trinajstić information content (AvgIpc) is 3.04. The predicted octanol–water partition coefficient (Wildman–Crippen LogP) is 4.26. The third kappa shape index (κ3) is 5.00. The molecule has 5 nitrogen and oxygen atoms in total. The lowest BCUT2D eigenvalue weighted by molar-refractivity contribution is -0.138. The summed E-state index contributed by atoms with van der Waals surface area (Å²) in [6, 6.07) is 15.1. The van der Waals surface area contributed by atoms with Crippen molar-refractivity contribution in [1.29, 1.82) is 0 Å². The number of carbonyl (C=O) groups is 1. The highest BCUT2D eigenvalue weighted by Crippen LogP contribution is 2.33. The van der Waals surface area contributed by atoms with Crippen molar-refractivity contribution in [3.8, 4) is 5.69 Å². The topological polar surface area (TPSA) is 50.2 Å². The molecule has 2 aromatic carbocycles. The van der Waals surface area contributed by atoms with Gasteiger partial charge in [0.15, 0.2) is 0 Å². The summed E-state index contributed by atoms with van der Waals surface area (Å²) in [4.78, 5) is 14.0. The second-order valence-electron chi connectivity index (χ2n) is 7.15. The fourth-order valence-electron chi connectivity index (χ4n) is 3.24.